The van der Waals surface area contributed by atoms with Crippen LogP contribution in [-0.2, 0) is 11.2 Å². The number of aromatic nitrogens is 2. The minimum Gasteiger partial charge on any atom is -0.378 e. The van der Waals surface area contributed by atoms with Crippen molar-refractivity contribution in [2.75, 3.05) is 24.3 Å². The fourth-order valence-electron chi connectivity index (χ4n) is 2.61. The van der Waals surface area contributed by atoms with Gasteiger partial charge in [0.15, 0.2) is 5.82 Å². The molecule has 0 bridgehead atoms. The summed E-state index contributed by atoms with van der Waals surface area (Å²) in [7, 11) is 4.00. The third kappa shape index (κ3) is 3.30. The van der Waals surface area contributed by atoms with Gasteiger partial charge in [0.05, 0.1) is 6.42 Å². The van der Waals surface area contributed by atoms with E-state index in [1.54, 1.807) is 0 Å². The van der Waals surface area contributed by atoms with E-state index >= 15 is 0 Å². The fourth-order valence-corrected chi connectivity index (χ4v) is 2.61. The van der Waals surface area contributed by atoms with Gasteiger partial charge in [0.1, 0.15) is 0 Å². The molecular weight excluding hydrogens is 276 g/mol. The van der Waals surface area contributed by atoms with Gasteiger partial charge in [-0.05, 0) is 30.5 Å². The van der Waals surface area contributed by atoms with E-state index in [0.717, 1.165) is 16.9 Å². The highest BCUT2D eigenvalue weighted by molar-refractivity contribution is 5.91. The number of H-pyrrole nitrogens is 1. The highest BCUT2D eigenvalue weighted by Gasteiger charge is 2.21. The summed E-state index contributed by atoms with van der Waals surface area (Å²) in [5, 5.41) is 10.1. The Morgan fingerprint density at radius 3 is 2.64 bits per heavy atom. The summed E-state index contributed by atoms with van der Waals surface area (Å²) >= 11 is 0. The van der Waals surface area contributed by atoms with Crippen LogP contribution in [-0.4, -0.2) is 30.2 Å². The van der Waals surface area contributed by atoms with Gasteiger partial charge in [-0.3, -0.25) is 9.89 Å². The summed E-state index contributed by atoms with van der Waals surface area (Å²) in [6.07, 6.45) is 4.08. The van der Waals surface area contributed by atoms with E-state index in [0.29, 0.717) is 18.2 Å². The van der Waals surface area contributed by atoms with Crippen molar-refractivity contribution < 1.29 is 4.79 Å². The zero-order chi connectivity index (χ0) is 15.5. The molecule has 0 spiro atoms. The van der Waals surface area contributed by atoms with Crippen molar-refractivity contribution in [2.45, 2.75) is 31.6 Å². The number of nitrogens with one attached hydrogen (secondary N) is 2. The molecule has 0 aliphatic heterocycles. The molecule has 0 radical (unpaired) electrons. The molecule has 1 aliphatic rings. The molecule has 116 valence electrons. The Labute approximate surface area is 130 Å². The van der Waals surface area contributed by atoms with Crippen LogP contribution in [0.2, 0.25) is 0 Å². The van der Waals surface area contributed by atoms with Crippen molar-refractivity contribution in [3.63, 3.8) is 0 Å². The lowest BCUT2D eigenvalue weighted by molar-refractivity contribution is -0.115. The van der Waals surface area contributed by atoms with Crippen molar-refractivity contribution >= 4 is 17.4 Å². The lowest BCUT2D eigenvalue weighted by Crippen LogP contribution is -2.15. The number of aromatic amines is 1. The summed E-state index contributed by atoms with van der Waals surface area (Å²) in [4.78, 5) is 14.1. The van der Waals surface area contributed by atoms with Crippen LogP contribution in [0.5, 0.6) is 0 Å². The number of anilines is 2. The minimum absolute atomic E-state index is 0.0377. The second kappa shape index (κ2) is 6.22. The summed E-state index contributed by atoms with van der Waals surface area (Å²) in [5.74, 6) is 1.18. The predicted octanol–water partition coefficient (Wildman–Crippen LogP) is 2.92. The first-order chi connectivity index (χ1) is 10.6. The number of nitrogens with zero attached hydrogens (tertiary/aromatic N) is 2. The third-order valence-electron chi connectivity index (χ3n) is 4.23. The maximum Gasteiger partial charge on any atom is 0.229 e. The van der Waals surface area contributed by atoms with Gasteiger partial charge in [0, 0.05) is 37.5 Å². The summed E-state index contributed by atoms with van der Waals surface area (Å²) in [6, 6.07) is 9.97. The molecule has 1 aromatic carbocycles. The van der Waals surface area contributed by atoms with E-state index < -0.39 is 0 Å². The fraction of sp³-hybridized carbons (Fsp3) is 0.412. The Bertz CT molecular complexity index is 641. The van der Waals surface area contributed by atoms with E-state index in [1.807, 2.05) is 49.3 Å². The van der Waals surface area contributed by atoms with Crippen LogP contribution in [0.1, 0.15) is 36.4 Å². The minimum atomic E-state index is -0.0377. The molecule has 0 unspecified atom stereocenters. The summed E-state index contributed by atoms with van der Waals surface area (Å²) in [5.41, 5.74) is 3.26. The molecule has 1 aromatic heterocycles. The van der Waals surface area contributed by atoms with Crippen LogP contribution in [0.4, 0.5) is 11.5 Å². The van der Waals surface area contributed by atoms with Crippen LogP contribution in [0.15, 0.2) is 30.3 Å². The van der Waals surface area contributed by atoms with Crippen LogP contribution in [0.3, 0.4) is 0 Å². The summed E-state index contributed by atoms with van der Waals surface area (Å²) in [6.45, 7) is 0. The molecule has 2 N–H and O–H groups in total. The lowest BCUT2D eigenvalue weighted by Gasteiger charge is -2.23. The van der Waals surface area contributed by atoms with Crippen molar-refractivity contribution in [1.82, 2.24) is 10.2 Å². The van der Waals surface area contributed by atoms with Gasteiger partial charge in [0.2, 0.25) is 5.91 Å². The lowest BCUT2D eigenvalue weighted by atomic mass is 9.83. The van der Waals surface area contributed by atoms with Crippen LogP contribution in [0, 0.1) is 0 Å². The van der Waals surface area contributed by atoms with Crippen molar-refractivity contribution in [3.8, 4) is 0 Å². The third-order valence-corrected chi connectivity index (χ3v) is 4.23. The van der Waals surface area contributed by atoms with Crippen LogP contribution < -0.4 is 10.2 Å². The maximum atomic E-state index is 12.1. The Balaban J connectivity index is 1.56. The first-order valence-electron chi connectivity index (χ1n) is 7.73. The Morgan fingerprint density at radius 1 is 1.32 bits per heavy atom. The van der Waals surface area contributed by atoms with Gasteiger partial charge in [-0.1, -0.05) is 18.6 Å². The number of carbonyl (C=O) groups excluding carboxylic acids is 1. The molecule has 22 heavy (non-hydrogen) atoms. The Hall–Kier alpha value is -2.30. The molecule has 5 nitrogen and oxygen atoms in total. The number of hydrogen-bond donors (Lipinski definition) is 2. The summed E-state index contributed by atoms with van der Waals surface area (Å²) < 4.78 is 0. The van der Waals surface area contributed by atoms with Gasteiger partial charge in [-0.15, -0.1) is 0 Å². The zero-order valence-corrected chi connectivity index (χ0v) is 13.1. The average molecular weight is 298 g/mol. The van der Waals surface area contributed by atoms with Crippen molar-refractivity contribution in [2.24, 2.45) is 0 Å². The van der Waals surface area contributed by atoms with Gasteiger partial charge in [-0.2, -0.15) is 5.10 Å². The molecule has 1 heterocycles. The van der Waals surface area contributed by atoms with Crippen molar-refractivity contribution in [3.05, 3.63) is 41.6 Å². The first-order valence-corrected chi connectivity index (χ1v) is 7.73. The Morgan fingerprint density at radius 2 is 2.05 bits per heavy atom. The van der Waals surface area contributed by atoms with E-state index in [1.165, 1.54) is 19.3 Å². The van der Waals surface area contributed by atoms with Gasteiger partial charge < -0.3 is 10.2 Å². The molecular formula is C17H22N4O. The first kappa shape index (κ1) is 14.6. The molecule has 3 rings (SSSR count). The maximum absolute atomic E-state index is 12.1. The van der Waals surface area contributed by atoms with Gasteiger partial charge >= 0.3 is 0 Å². The Kier molecular flexibility index (Phi) is 4.13. The molecule has 1 aliphatic carbocycles. The second-order valence-electron chi connectivity index (χ2n) is 6.12. The largest absolute Gasteiger partial charge is 0.378 e. The average Bonchev–Trinajstić information content (AvgIpc) is 2.85. The highest BCUT2D eigenvalue weighted by atomic mass is 16.1. The second-order valence-corrected chi connectivity index (χ2v) is 6.12. The zero-order valence-electron chi connectivity index (χ0n) is 13.1. The standard InChI is InChI=1S/C17H22N4O/c1-21(2)14-8-6-12(7-9-14)10-17(22)18-16-11-15(19-20-16)13-4-3-5-13/h6-9,11,13H,3-5,10H2,1-2H3,(H2,18,19,20,22). The number of benzene rings is 1. The van der Waals surface area contributed by atoms with Crippen LogP contribution >= 0.6 is 0 Å². The molecule has 0 atom stereocenters. The smallest absolute Gasteiger partial charge is 0.229 e. The van der Waals surface area contributed by atoms with E-state index in [9.17, 15) is 4.79 Å². The topological polar surface area (TPSA) is 61.0 Å². The molecule has 5 heteroatoms. The molecule has 1 saturated carbocycles. The SMILES string of the molecule is CN(C)c1ccc(CC(=O)Nc2cc(C3CCC3)[nH]n2)cc1. The predicted molar refractivity (Wildman–Crippen MR) is 88.3 cm³/mol. The number of rotatable bonds is 5. The molecule has 1 amide bonds. The number of hydrogen-bond acceptors (Lipinski definition) is 3. The monoisotopic (exact) mass is 298 g/mol. The molecule has 1 fully saturated rings. The number of carbonyl (C=O) groups is 1. The van der Waals surface area contributed by atoms with Gasteiger partial charge in [0.25, 0.3) is 0 Å². The van der Waals surface area contributed by atoms with E-state index in [2.05, 4.69) is 15.5 Å². The number of amides is 1. The van der Waals surface area contributed by atoms with Crippen LogP contribution in [0.25, 0.3) is 0 Å². The molecule has 0 saturated heterocycles. The quantitative estimate of drug-likeness (QED) is 0.892. The van der Waals surface area contributed by atoms with E-state index in [4.69, 9.17) is 0 Å². The van der Waals surface area contributed by atoms with Gasteiger partial charge in [-0.25, -0.2) is 0 Å². The van der Waals surface area contributed by atoms with E-state index in [-0.39, 0.29) is 5.91 Å². The van der Waals surface area contributed by atoms with Crippen molar-refractivity contribution in [1.29, 1.82) is 0 Å². The normalized spacial score (nSPS) is 14.5. The highest BCUT2D eigenvalue weighted by Crippen LogP contribution is 2.35. The molecule has 2 aromatic rings.